The quantitative estimate of drug-likeness (QED) is 0.309. The van der Waals surface area contributed by atoms with Crippen molar-refractivity contribution in [1.29, 1.82) is 0 Å². The first-order valence-corrected chi connectivity index (χ1v) is 10.8. The Morgan fingerprint density at radius 3 is 2.65 bits per heavy atom. The summed E-state index contributed by atoms with van der Waals surface area (Å²) in [5.41, 5.74) is 1.12. The molecule has 0 spiro atoms. The van der Waals surface area contributed by atoms with Gasteiger partial charge in [-0.15, -0.1) is 24.0 Å². The fourth-order valence-corrected chi connectivity index (χ4v) is 4.54. The Labute approximate surface area is 196 Å². The Bertz CT molecular complexity index is 952. The number of benzene rings is 1. The molecule has 172 valence electrons. The molecule has 0 unspecified atom stereocenters. The van der Waals surface area contributed by atoms with Gasteiger partial charge in [-0.2, -0.15) is 13.1 Å². The van der Waals surface area contributed by atoms with Gasteiger partial charge >= 0.3 is 6.61 Å². The zero-order valence-electron chi connectivity index (χ0n) is 16.8. The van der Waals surface area contributed by atoms with Crippen molar-refractivity contribution in [2.24, 2.45) is 4.99 Å². The minimum Gasteiger partial charge on any atom is -0.435 e. The molecule has 2 aromatic rings. The number of aliphatic imine (C=N–C) groups is 1. The van der Waals surface area contributed by atoms with Crippen molar-refractivity contribution in [1.82, 2.24) is 19.7 Å². The van der Waals surface area contributed by atoms with Gasteiger partial charge in [-0.3, -0.25) is 4.99 Å². The maximum atomic E-state index is 12.5. The number of halogens is 3. The molecule has 0 saturated carbocycles. The van der Waals surface area contributed by atoms with Crippen LogP contribution in [-0.4, -0.2) is 68.6 Å². The molecule has 0 atom stereocenters. The highest BCUT2D eigenvalue weighted by molar-refractivity contribution is 14.0. The third kappa shape index (κ3) is 7.28. The summed E-state index contributed by atoms with van der Waals surface area (Å²) in [5, 5.41) is 6.83. The standard InChI is InChI=1S/C18H23F2N5O4S.HI/c1-21-18(22-12-14-3-2-4-16(11-14)29-17(19)20)24-6-8-25(9-7-24)30(26,27)13-15-5-10-28-23-15;/h2-5,10-11,17H,6-9,12-13H2,1H3,(H,21,22);1H. The SMILES string of the molecule is CN=C(NCc1cccc(OC(F)F)c1)N1CCN(S(=O)(=O)Cc2ccon2)CC1.I. The van der Waals surface area contributed by atoms with Crippen LogP contribution in [0.25, 0.3) is 0 Å². The predicted octanol–water partition coefficient (Wildman–Crippen LogP) is 2.12. The zero-order valence-corrected chi connectivity index (χ0v) is 19.9. The minimum absolute atomic E-state index is 0. The maximum Gasteiger partial charge on any atom is 0.387 e. The van der Waals surface area contributed by atoms with Gasteiger partial charge in [-0.1, -0.05) is 17.3 Å². The van der Waals surface area contributed by atoms with Crippen LogP contribution in [0.3, 0.4) is 0 Å². The first-order valence-electron chi connectivity index (χ1n) is 9.24. The largest absolute Gasteiger partial charge is 0.435 e. The molecule has 9 nitrogen and oxygen atoms in total. The van der Waals surface area contributed by atoms with Crippen LogP contribution < -0.4 is 10.1 Å². The molecule has 1 saturated heterocycles. The van der Waals surface area contributed by atoms with Gasteiger partial charge in [0.1, 0.15) is 17.8 Å². The van der Waals surface area contributed by atoms with Gasteiger partial charge in [0.2, 0.25) is 10.0 Å². The van der Waals surface area contributed by atoms with Crippen LogP contribution in [0.15, 0.2) is 46.1 Å². The van der Waals surface area contributed by atoms with E-state index in [4.69, 9.17) is 4.52 Å². The Balaban J connectivity index is 0.00000341. The summed E-state index contributed by atoms with van der Waals surface area (Å²) >= 11 is 0. The third-order valence-corrected chi connectivity index (χ3v) is 6.35. The molecule has 1 aromatic carbocycles. The number of rotatable bonds is 7. The second-order valence-corrected chi connectivity index (χ2v) is 8.53. The van der Waals surface area contributed by atoms with Crippen LogP contribution in [0.4, 0.5) is 8.78 Å². The van der Waals surface area contributed by atoms with Crippen LogP contribution in [0, 0.1) is 0 Å². The summed E-state index contributed by atoms with van der Waals surface area (Å²) in [7, 11) is -1.85. The highest BCUT2D eigenvalue weighted by Crippen LogP contribution is 2.16. The van der Waals surface area contributed by atoms with Crippen LogP contribution in [-0.2, 0) is 22.3 Å². The van der Waals surface area contributed by atoms with Crippen molar-refractivity contribution in [3.05, 3.63) is 47.9 Å². The summed E-state index contributed by atoms with van der Waals surface area (Å²) in [4.78, 5) is 6.18. The van der Waals surface area contributed by atoms with Crippen LogP contribution >= 0.6 is 24.0 Å². The molecule has 31 heavy (non-hydrogen) atoms. The monoisotopic (exact) mass is 571 g/mol. The third-order valence-electron chi connectivity index (χ3n) is 4.54. The number of aromatic nitrogens is 1. The number of alkyl halides is 2. The summed E-state index contributed by atoms with van der Waals surface area (Å²) in [6.45, 7) is -0.953. The minimum atomic E-state index is -3.48. The Hall–Kier alpha value is -2.00. The van der Waals surface area contributed by atoms with E-state index in [0.29, 0.717) is 44.4 Å². The van der Waals surface area contributed by atoms with Crippen LogP contribution in [0.5, 0.6) is 5.75 Å². The number of sulfonamides is 1. The van der Waals surface area contributed by atoms with Crippen LogP contribution in [0.2, 0.25) is 0 Å². The molecule has 13 heteroatoms. The second kappa shape index (κ2) is 11.6. The van der Waals surface area contributed by atoms with Gasteiger partial charge in [-0.05, 0) is 17.7 Å². The number of piperazine rings is 1. The predicted molar refractivity (Wildman–Crippen MR) is 121 cm³/mol. The number of hydrogen-bond acceptors (Lipinski definition) is 6. The Morgan fingerprint density at radius 2 is 2.03 bits per heavy atom. The van der Waals surface area contributed by atoms with E-state index >= 15 is 0 Å². The Kier molecular flexibility index (Phi) is 9.43. The van der Waals surface area contributed by atoms with E-state index < -0.39 is 16.6 Å². The molecular formula is C18H24F2IN5O4S. The maximum absolute atomic E-state index is 12.5. The van der Waals surface area contributed by atoms with Gasteiger partial charge in [0.05, 0.1) is 5.69 Å². The number of nitrogens with zero attached hydrogens (tertiary/aromatic N) is 4. The van der Waals surface area contributed by atoms with Crippen molar-refractivity contribution in [3.63, 3.8) is 0 Å². The van der Waals surface area contributed by atoms with Gasteiger partial charge in [-0.25, -0.2) is 8.42 Å². The molecule has 0 aliphatic carbocycles. The van der Waals surface area contributed by atoms with Crippen LogP contribution in [0.1, 0.15) is 11.3 Å². The summed E-state index contributed by atoms with van der Waals surface area (Å²) in [6, 6.07) is 7.94. The molecule has 3 rings (SSSR count). The molecule has 1 N–H and O–H groups in total. The molecular weight excluding hydrogens is 547 g/mol. The topological polar surface area (TPSA) is 100 Å². The van der Waals surface area contributed by atoms with E-state index in [1.807, 2.05) is 4.90 Å². The molecule has 2 heterocycles. The lowest BCUT2D eigenvalue weighted by atomic mass is 10.2. The molecule has 1 aliphatic rings. The average molecular weight is 571 g/mol. The van der Waals surface area contributed by atoms with E-state index in [-0.39, 0.29) is 35.5 Å². The average Bonchev–Trinajstić information content (AvgIpc) is 3.21. The molecule has 1 aliphatic heterocycles. The number of nitrogens with one attached hydrogen (secondary N) is 1. The van der Waals surface area contributed by atoms with E-state index in [0.717, 1.165) is 5.56 Å². The van der Waals surface area contributed by atoms with Gasteiger partial charge in [0.15, 0.2) is 5.96 Å². The summed E-state index contributed by atoms with van der Waals surface area (Å²) in [5.74, 6) is 0.488. The lowest BCUT2D eigenvalue weighted by molar-refractivity contribution is -0.0498. The Morgan fingerprint density at radius 1 is 1.29 bits per heavy atom. The fraction of sp³-hybridized carbons (Fsp3) is 0.444. The first-order chi connectivity index (χ1) is 14.4. The normalized spacial score (nSPS) is 15.6. The number of ether oxygens (including phenoxy) is 1. The highest BCUT2D eigenvalue weighted by Gasteiger charge is 2.29. The summed E-state index contributed by atoms with van der Waals surface area (Å²) < 4.78 is 60.3. The van der Waals surface area contributed by atoms with Gasteiger partial charge < -0.3 is 19.5 Å². The van der Waals surface area contributed by atoms with E-state index in [1.54, 1.807) is 19.2 Å². The molecule has 0 bridgehead atoms. The van der Waals surface area contributed by atoms with Crippen molar-refractivity contribution in [2.45, 2.75) is 18.9 Å². The number of hydrogen-bond donors (Lipinski definition) is 1. The van der Waals surface area contributed by atoms with Crippen molar-refractivity contribution >= 4 is 40.0 Å². The van der Waals surface area contributed by atoms with Crippen molar-refractivity contribution < 1.29 is 26.5 Å². The lowest BCUT2D eigenvalue weighted by Crippen LogP contribution is -2.53. The molecule has 1 fully saturated rings. The van der Waals surface area contributed by atoms with Crippen molar-refractivity contribution in [3.8, 4) is 5.75 Å². The zero-order chi connectivity index (χ0) is 21.6. The van der Waals surface area contributed by atoms with Crippen molar-refractivity contribution in [2.75, 3.05) is 33.2 Å². The molecule has 1 aromatic heterocycles. The second-order valence-electron chi connectivity index (χ2n) is 6.56. The van der Waals surface area contributed by atoms with E-state index in [2.05, 4.69) is 20.2 Å². The first kappa shape index (κ1) is 25.3. The number of guanidine groups is 1. The molecule has 0 radical (unpaired) electrons. The van der Waals surface area contributed by atoms with Gasteiger partial charge in [0.25, 0.3) is 0 Å². The summed E-state index contributed by atoms with van der Waals surface area (Å²) in [6.07, 6.45) is 1.34. The smallest absolute Gasteiger partial charge is 0.387 e. The fourth-order valence-electron chi connectivity index (χ4n) is 3.11. The van der Waals surface area contributed by atoms with Gasteiger partial charge in [0, 0.05) is 45.8 Å². The highest BCUT2D eigenvalue weighted by atomic mass is 127. The lowest BCUT2D eigenvalue weighted by Gasteiger charge is -2.35. The van der Waals surface area contributed by atoms with E-state index in [1.165, 1.54) is 28.8 Å². The van der Waals surface area contributed by atoms with E-state index in [9.17, 15) is 17.2 Å². The molecule has 0 amide bonds.